The van der Waals surface area contributed by atoms with E-state index in [1.54, 1.807) is 0 Å². The largest absolute Gasteiger partial charge is 0.465 e. The van der Waals surface area contributed by atoms with Gasteiger partial charge in [-0.15, -0.1) is 4.40 Å². The highest BCUT2D eigenvalue weighted by atomic mass is 16.5. The van der Waals surface area contributed by atoms with Gasteiger partial charge in [0, 0.05) is 33.0 Å². The molecule has 0 aliphatic carbocycles. The molecule has 4 nitrogen and oxygen atoms in total. The number of nitrogens with zero attached hydrogens (tertiary/aromatic N) is 1. The van der Waals surface area contributed by atoms with Gasteiger partial charge in [0.2, 0.25) is 11.2 Å². The van der Waals surface area contributed by atoms with E-state index < -0.39 is 5.97 Å². The molecule has 10 rings (SSSR count). The second-order valence-electron chi connectivity index (χ2n) is 13.7. The average molecular weight is 709 g/mol. The zero-order valence-electron chi connectivity index (χ0n) is 30.1. The first kappa shape index (κ1) is 32.4. The lowest BCUT2D eigenvalue weighted by molar-refractivity contribution is -0.503. The number of rotatable bonds is 6. The molecular formula is C51H34NO3+. The Labute approximate surface area is 318 Å². The minimum atomic E-state index is -0.402. The summed E-state index contributed by atoms with van der Waals surface area (Å²) in [6.07, 6.45) is 0. The van der Waals surface area contributed by atoms with Gasteiger partial charge in [-0.25, -0.2) is 4.79 Å². The number of methoxy groups -OCH3 is 1. The summed E-state index contributed by atoms with van der Waals surface area (Å²) in [5.41, 5.74) is 11.4. The molecule has 1 aliphatic rings. The van der Waals surface area contributed by atoms with Crippen molar-refractivity contribution in [3.8, 4) is 39.4 Å². The van der Waals surface area contributed by atoms with Crippen molar-refractivity contribution >= 4 is 44.4 Å². The van der Waals surface area contributed by atoms with E-state index in [-0.39, 0.29) is 0 Å². The number of carbonyl (C=O) groups excluding carboxylic acids is 1. The Bertz CT molecular complexity index is 2960. The van der Waals surface area contributed by atoms with Crippen molar-refractivity contribution < 1.29 is 18.7 Å². The summed E-state index contributed by atoms with van der Waals surface area (Å²) >= 11 is 0. The number of pyridine rings is 2. The molecule has 0 amide bonds. The summed E-state index contributed by atoms with van der Waals surface area (Å²) in [7, 11) is 1.44. The van der Waals surface area contributed by atoms with E-state index in [0.29, 0.717) is 17.2 Å². The maximum Gasteiger partial charge on any atom is 0.388 e. The van der Waals surface area contributed by atoms with Gasteiger partial charge in [0.25, 0.3) is 0 Å². The summed E-state index contributed by atoms with van der Waals surface area (Å²) in [5.74, 6) is 0.981. The molecule has 0 fully saturated rings. The number of ether oxygens (including phenoxy) is 2. The molecule has 1 aliphatic heterocycles. The summed E-state index contributed by atoms with van der Waals surface area (Å²) in [4.78, 5) is 13.7. The second-order valence-corrected chi connectivity index (χ2v) is 13.7. The Hall–Kier alpha value is -7.30. The van der Waals surface area contributed by atoms with Crippen LogP contribution in [-0.4, -0.2) is 13.1 Å². The first-order valence-electron chi connectivity index (χ1n) is 18.4. The number of carbonyl (C=O) groups is 1. The molecule has 7 aromatic carbocycles. The lowest BCUT2D eigenvalue weighted by Gasteiger charge is -2.26. The zero-order valence-corrected chi connectivity index (χ0v) is 30.1. The van der Waals surface area contributed by atoms with Crippen molar-refractivity contribution in [2.75, 3.05) is 7.11 Å². The molecule has 0 saturated carbocycles. The average Bonchev–Trinajstić information content (AvgIpc) is 3.26. The Morgan fingerprint density at radius 3 is 1.58 bits per heavy atom. The Morgan fingerprint density at radius 1 is 0.509 bits per heavy atom. The molecule has 0 N–H and O–H groups in total. The Balaban J connectivity index is 1.53. The molecule has 2 aromatic heterocycles. The van der Waals surface area contributed by atoms with Crippen molar-refractivity contribution in [2.24, 2.45) is 0 Å². The van der Waals surface area contributed by atoms with Crippen LogP contribution in [0.25, 0.3) is 71.9 Å². The molecule has 0 spiro atoms. The van der Waals surface area contributed by atoms with E-state index in [0.717, 1.165) is 82.8 Å². The molecule has 55 heavy (non-hydrogen) atoms. The van der Waals surface area contributed by atoms with E-state index in [1.165, 1.54) is 7.11 Å². The number of aromatic nitrogens is 1. The van der Waals surface area contributed by atoms with E-state index in [9.17, 15) is 4.79 Å². The van der Waals surface area contributed by atoms with Gasteiger partial charge in [0.15, 0.2) is 0 Å². The van der Waals surface area contributed by atoms with Crippen LogP contribution >= 0.6 is 0 Å². The molecule has 4 heteroatoms. The molecule has 260 valence electrons. The summed E-state index contributed by atoms with van der Waals surface area (Å²) < 4.78 is 15.3. The monoisotopic (exact) mass is 708 g/mol. The smallest absolute Gasteiger partial charge is 0.388 e. The number of hydrogen-bond donors (Lipinski definition) is 0. The van der Waals surface area contributed by atoms with E-state index >= 15 is 0 Å². The topological polar surface area (TPSA) is 39.6 Å². The Morgan fingerprint density at radius 2 is 1.00 bits per heavy atom. The fraction of sp³-hybridized carbons (Fsp3) is 0.0196. The van der Waals surface area contributed by atoms with Gasteiger partial charge in [-0.2, -0.15) is 0 Å². The standard InChI is InChI=1S/C51H34NO3/c1-54-51(53)38-31-41-44(34-21-9-3-10-22-34)48-40-30-18-17-29-39(40)43(33-19-7-2-8-20-33)47(36-25-13-5-14-26-36)52(48)50-46(41)42(32-38)45(35-23-11-4-12-24-35)49(55-50)37-27-15-6-16-28-37/h2-32H,1H3/q+1. The van der Waals surface area contributed by atoms with E-state index in [4.69, 9.17) is 9.47 Å². The van der Waals surface area contributed by atoms with Crippen LogP contribution in [0.15, 0.2) is 188 Å². The van der Waals surface area contributed by atoms with Gasteiger partial charge in [-0.05, 0) is 47.0 Å². The third-order valence-electron chi connectivity index (χ3n) is 10.6. The molecular weight excluding hydrogens is 675 g/mol. The first-order valence-corrected chi connectivity index (χ1v) is 18.4. The minimum absolute atomic E-state index is 0.402. The Kier molecular flexibility index (Phi) is 7.81. The van der Waals surface area contributed by atoms with Crippen LogP contribution in [0.1, 0.15) is 27.0 Å². The van der Waals surface area contributed by atoms with Crippen molar-refractivity contribution in [3.05, 3.63) is 210 Å². The molecule has 0 unspecified atom stereocenters. The third kappa shape index (κ3) is 5.22. The maximum absolute atomic E-state index is 13.7. The first-order chi connectivity index (χ1) is 27.2. The SMILES string of the molecule is COC(=O)c1cc2c3c([n+]4c(-c5ccccc5)c(-c5ccccc5)c5ccccc5c4c(-c4ccccc4)c3c1)OC(c1ccccc1)=C2c1ccccc1. The van der Waals surface area contributed by atoms with Crippen LogP contribution in [0.2, 0.25) is 0 Å². The molecule has 0 atom stereocenters. The zero-order chi connectivity index (χ0) is 36.9. The molecule has 3 heterocycles. The van der Waals surface area contributed by atoms with Crippen molar-refractivity contribution in [1.82, 2.24) is 0 Å². The quantitative estimate of drug-likeness (QED) is 0.0747. The van der Waals surface area contributed by atoms with Gasteiger partial charge >= 0.3 is 11.8 Å². The predicted molar refractivity (Wildman–Crippen MR) is 222 cm³/mol. The van der Waals surface area contributed by atoms with Gasteiger partial charge in [-0.1, -0.05) is 158 Å². The summed E-state index contributed by atoms with van der Waals surface area (Å²) in [6.45, 7) is 0. The highest BCUT2D eigenvalue weighted by Crippen LogP contribution is 2.50. The maximum atomic E-state index is 13.7. The number of esters is 1. The highest BCUT2D eigenvalue weighted by molar-refractivity contribution is 6.20. The second kappa shape index (κ2) is 13.3. The minimum Gasteiger partial charge on any atom is -0.465 e. The highest BCUT2D eigenvalue weighted by Gasteiger charge is 2.39. The van der Waals surface area contributed by atoms with Crippen LogP contribution in [-0.2, 0) is 4.74 Å². The van der Waals surface area contributed by atoms with Crippen LogP contribution in [0, 0.1) is 0 Å². The lowest BCUT2D eigenvalue weighted by Crippen LogP contribution is -2.32. The van der Waals surface area contributed by atoms with Gasteiger partial charge in [-0.3, -0.25) is 0 Å². The van der Waals surface area contributed by atoms with Gasteiger partial charge < -0.3 is 9.47 Å². The predicted octanol–water partition coefficient (Wildman–Crippen LogP) is 11.8. The normalized spacial score (nSPS) is 12.2. The fourth-order valence-corrected chi connectivity index (χ4v) is 8.29. The third-order valence-corrected chi connectivity index (χ3v) is 10.6. The van der Waals surface area contributed by atoms with Crippen LogP contribution in [0.4, 0.5) is 0 Å². The molecule has 0 radical (unpaired) electrons. The van der Waals surface area contributed by atoms with Gasteiger partial charge in [0.05, 0.1) is 29.2 Å². The fourth-order valence-electron chi connectivity index (χ4n) is 8.29. The summed E-state index contributed by atoms with van der Waals surface area (Å²) in [5, 5.41) is 3.98. The van der Waals surface area contributed by atoms with Crippen LogP contribution in [0.5, 0.6) is 5.88 Å². The molecule has 0 saturated heterocycles. The van der Waals surface area contributed by atoms with Crippen molar-refractivity contribution in [2.45, 2.75) is 0 Å². The molecule has 9 aromatic rings. The number of fused-ring (bicyclic) bond motifs is 4. The van der Waals surface area contributed by atoms with Crippen LogP contribution < -0.4 is 9.14 Å². The summed E-state index contributed by atoms with van der Waals surface area (Å²) in [6, 6.07) is 64.8. The van der Waals surface area contributed by atoms with Gasteiger partial charge in [0.1, 0.15) is 11.1 Å². The van der Waals surface area contributed by atoms with E-state index in [2.05, 4.69) is 138 Å². The van der Waals surface area contributed by atoms with Crippen molar-refractivity contribution in [1.29, 1.82) is 0 Å². The van der Waals surface area contributed by atoms with E-state index in [1.807, 2.05) is 54.6 Å². The molecule has 0 bridgehead atoms. The number of hydrogen-bond acceptors (Lipinski definition) is 3. The van der Waals surface area contributed by atoms with Crippen LogP contribution in [0.3, 0.4) is 0 Å². The van der Waals surface area contributed by atoms with Crippen molar-refractivity contribution in [3.63, 3.8) is 0 Å². The number of benzene rings is 7. The lowest BCUT2D eigenvalue weighted by atomic mass is 9.84.